The molecule has 0 bridgehead atoms. The molecular formula is C24H26N2O3S3. The third-order valence-electron chi connectivity index (χ3n) is 6.49. The first-order valence-corrected chi connectivity index (χ1v) is 14.2. The van der Waals surface area contributed by atoms with Crippen molar-refractivity contribution in [1.82, 2.24) is 9.21 Å². The van der Waals surface area contributed by atoms with Gasteiger partial charge >= 0.3 is 0 Å². The zero-order valence-corrected chi connectivity index (χ0v) is 20.4. The largest absolute Gasteiger partial charge is 0.326 e. The molecule has 2 unspecified atom stereocenters. The van der Waals surface area contributed by atoms with Gasteiger partial charge in [-0.3, -0.25) is 4.79 Å². The number of benzene rings is 1. The molecule has 3 aromatic rings. The zero-order chi connectivity index (χ0) is 22.3. The molecule has 0 radical (unpaired) electrons. The Morgan fingerprint density at radius 2 is 1.81 bits per heavy atom. The lowest BCUT2D eigenvalue weighted by Crippen LogP contribution is -2.42. The Morgan fingerprint density at radius 1 is 1.00 bits per heavy atom. The van der Waals surface area contributed by atoms with E-state index in [1.165, 1.54) is 10.4 Å². The summed E-state index contributed by atoms with van der Waals surface area (Å²) in [5.74, 6) is -0.0597. The second-order valence-corrected chi connectivity index (χ2v) is 12.3. The summed E-state index contributed by atoms with van der Waals surface area (Å²) in [6, 6.07) is 12.6. The second-order valence-electron chi connectivity index (χ2n) is 8.45. The van der Waals surface area contributed by atoms with Crippen molar-refractivity contribution >= 4 is 38.6 Å². The van der Waals surface area contributed by atoms with Crippen LogP contribution in [0.1, 0.15) is 57.9 Å². The van der Waals surface area contributed by atoms with Crippen molar-refractivity contribution in [2.24, 2.45) is 0 Å². The number of fused-ring (bicyclic) bond motifs is 1. The first-order chi connectivity index (χ1) is 15.5. The van der Waals surface area contributed by atoms with Gasteiger partial charge in [-0.25, -0.2) is 8.42 Å². The van der Waals surface area contributed by atoms with Crippen LogP contribution in [0.15, 0.2) is 58.1 Å². The van der Waals surface area contributed by atoms with Crippen LogP contribution in [0.4, 0.5) is 0 Å². The molecule has 2 aliphatic heterocycles. The van der Waals surface area contributed by atoms with E-state index in [9.17, 15) is 13.2 Å². The third kappa shape index (κ3) is 3.83. The number of thiophene rings is 2. The Hall–Kier alpha value is -2.00. The number of carbonyl (C=O) groups excluding carboxylic acids is 1. The molecule has 2 atom stereocenters. The Balaban J connectivity index is 1.42. The monoisotopic (exact) mass is 486 g/mol. The number of hydrogen-bond acceptors (Lipinski definition) is 5. The van der Waals surface area contributed by atoms with Gasteiger partial charge in [0.15, 0.2) is 0 Å². The summed E-state index contributed by atoms with van der Waals surface area (Å²) in [5.41, 5.74) is 1.73. The zero-order valence-electron chi connectivity index (χ0n) is 17.9. The number of piperidine rings is 1. The van der Waals surface area contributed by atoms with Gasteiger partial charge in [0.05, 0.1) is 10.9 Å². The van der Waals surface area contributed by atoms with Crippen molar-refractivity contribution in [3.05, 3.63) is 74.1 Å². The van der Waals surface area contributed by atoms with Gasteiger partial charge in [0.2, 0.25) is 10.0 Å². The van der Waals surface area contributed by atoms with Crippen LogP contribution in [0.5, 0.6) is 0 Å². The van der Waals surface area contributed by atoms with Gasteiger partial charge in [0, 0.05) is 34.4 Å². The van der Waals surface area contributed by atoms with Crippen LogP contribution >= 0.6 is 22.7 Å². The first-order valence-electron chi connectivity index (χ1n) is 11.0. The van der Waals surface area contributed by atoms with Crippen molar-refractivity contribution in [2.75, 3.05) is 13.1 Å². The second kappa shape index (κ2) is 8.74. The van der Waals surface area contributed by atoms with Crippen LogP contribution in [0, 0.1) is 0 Å². The molecule has 0 aliphatic carbocycles. The summed E-state index contributed by atoms with van der Waals surface area (Å²) in [6.07, 6.45) is 3.69. The maximum atomic E-state index is 13.5. The Kier molecular flexibility index (Phi) is 5.96. The lowest BCUT2D eigenvalue weighted by molar-refractivity contribution is 0.0698. The molecule has 0 N–H and O–H groups in total. The van der Waals surface area contributed by atoms with Crippen LogP contribution in [0.25, 0.3) is 0 Å². The van der Waals surface area contributed by atoms with E-state index in [0.717, 1.165) is 30.6 Å². The number of carbonyl (C=O) groups is 1. The standard InChI is InChI=1S/C24H26N2O3S3/c1-17-5-2-3-13-26(17)32(28,29)19-9-7-18(8-10-19)24(27)25-14-11-21-20(12-16-31-21)23(25)22-6-4-15-30-22/h4,6-10,12,15-17,23H,2-3,5,11,13-14H2,1H3. The van der Waals surface area contributed by atoms with Crippen LogP contribution in [0.3, 0.4) is 0 Å². The van der Waals surface area contributed by atoms with E-state index in [4.69, 9.17) is 0 Å². The van der Waals surface area contributed by atoms with Gasteiger partial charge in [-0.2, -0.15) is 4.31 Å². The normalized spacial score (nSPS) is 22.0. The van der Waals surface area contributed by atoms with E-state index in [0.29, 0.717) is 18.7 Å². The minimum Gasteiger partial charge on any atom is -0.326 e. The van der Waals surface area contributed by atoms with E-state index in [1.807, 2.05) is 23.3 Å². The van der Waals surface area contributed by atoms with Crippen molar-refractivity contribution in [1.29, 1.82) is 0 Å². The lowest BCUT2D eigenvalue weighted by Gasteiger charge is -2.35. The number of sulfonamides is 1. The average Bonchev–Trinajstić information content (AvgIpc) is 3.50. The van der Waals surface area contributed by atoms with E-state index >= 15 is 0 Å². The number of rotatable bonds is 4. The molecular weight excluding hydrogens is 460 g/mol. The van der Waals surface area contributed by atoms with Crippen molar-refractivity contribution < 1.29 is 13.2 Å². The summed E-state index contributed by atoms with van der Waals surface area (Å²) < 4.78 is 27.9. The fourth-order valence-corrected chi connectivity index (χ4v) is 8.25. The van der Waals surface area contributed by atoms with E-state index in [2.05, 4.69) is 17.5 Å². The van der Waals surface area contributed by atoms with E-state index in [-0.39, 0.29) is 22.9 Å². The highest BCUT2D eigenvalue weighted by atomic mass is 32.2. The molecule has 1 fully saturated rings. The first kappa shape index (κ1) is 21.8. The van der Waals surface area contributed by atoms with Gasteiger partial charge in [-0.15, -0.1) is 22.7 Å². The van der Waals surface area contributed by atoms with Gasteiger partial charge in [-0.1, -0.05) is 12.5 Å². The molecule has 5 rings (SSSR count). The maximum Gasteiger partial charge on any atom is 0.254 e. The molecule has 1 aromatic carbocycles. The van der Waals surface area contributed by atoms with E-state index < -0.39 is 10.0 Å². The number of amides is 1. The van der Waals surface area contributed by atoms with Crippen LogP contribution in [-0.2, 0) is 16.4 Å². The minimum atomic E-state index is -3.55. The molecule has 0 saturated carbocycles. The average molecular weight is 487 g/mol. The van der Waals surface area contributed by atoms with Crippen molar-refractivity contribution in [3.8, 4) is 0 Å². The molecule has 2 aromatic heterocycles. The lowest BCUT2D eigenvalue weighted by atomic mass is 9.97. The fraction of sp³-hybridized carbons (Fsp3) is 0.375. The van der Waals surface area contributed by atoms with Crippen molar-refractivity contribution in [2.45, 2.75) is 49.6 Å². The molecule has 8 heteroatoms. The minimum absolute atomic E-state index is 0.00905. The summed E-state index contributed by atoms with van der Waals surface area (Å²) in [5, 5.41) is 4.14. The fourth-order valence-electron chi connectivity index (χ4n) is 4.79. The van der Waals surface area contributed by atoms with Gasteiger partial charge in [-0.05, 0) is 78.9 Å². The summed E-state index contributed by atoms with van der Waals surface area (Å²) >= 11 is 3.41. The van der Waals surface area contributed by atoms with E-state index in [1.54, 1.807) is 51.2 Å². The van der Waals surface area contributed by atoms with Crippen LogP contribution in [-0.4, -0.2) is 42.7 Å². The van der Waals surface area contributed by atoms with Crippen LogP contribution in [0.2, 0.25) is 0 Å². The highest BCUT2D eigenvalue weighted by molar-refractivity contribution is 7.89. The predicted octanol–water partition coefficient (Wildman–Crippen LogP) is 5.16. The molecule has 0 spiro atoms. The summed E-state index contributed by atoms with van der Waals surface area (Å²) in [7, 11) is -3.55. The van der Waals surface area contributed by atoms with Gasteiger partial charge in [0.25, 0.3) is 5.91 Å². The van der Waals surface area contributed by atoms with Gasteiger partial charge in [0.1, 0.15) is 0 Å². The Labute approximate surface area is 197 Å². The predicted molar refractivity (Wildman–Crippen MR) is 129 cm³/mol. The van der Waals surface area contributed by atoms with Crippen LogP contribution < -0.4 is 0 Å². The highest BCUT2D eigenvalue weighted by Gasteiger charge is 2.35. The third-order valence-corrected chi connectivity index (χ3v) is 10.4. The van der Waals surface area contributed by atoms with Gasteiger partial charge < -0.3 is 4.90 Å². The quantitative estimate of drug-likeness (QED) is 0.512. The molecule has 168 valence electrons. The molecule has 1 amide bonds. The summed E-state index contributed by atoms with van der Waals surface area (Å²) in [6.45, 7) is 3.18. The topological polar surface area (TPSA) is 57.7 Å². The Morgan fingerprint density at radius 3 is 2.53 bits per heavy atom. The van der Waals surface area contributed by atoms with Crippen molar-refractivity contribution in [3.63, 3.8) is 0 Å². The number of nitrogens with zero attached hydrogens (tertiary/aromatic N) is 2. The molecule has 4 heterocycles. The molecule has 2 aliphatic rings. The number of hydrogen-bond donors (Lipinski definition) is 0. The molecule has 5 nitrogen and oxygen atoms in total. The molecule has 32 heavy (non-hydrogen) atoms. The maximum absolute atomic E-state index is 13.5. The smallest absolute Gasteiger partial charge is 0.254 e. The summed E-state index contributed by atoms with van der Waals surface area (Å²) in [4.78, 5) is 18.2. The molecule has 1 saturated heterocycles. The Bertz CT molecular complexity index is 1200. The SMILES string of the molecule is CC1CCCCN1S(=O)(=O)c1ccc(C(=O)N2CCc3sccc3C2c2cccs2)cc1. The highest BCUT2D eigenvalue weighted by Crippen LogP contribution is 2.40.